The Morgan fingerprint density at radius 3 is 2.38 bits per heavy atom. The number of amides is 2. The van der Waals surface area contributed by atoms with Gasteiger partial charge in [-0.15, -0.1) is 10.2 Å². The zero-order valence-corrected chi connectivity index (χ0v) is 21.2. The number of anilines is 1. The Bertz CT molecular complexity index is 1510. The molecule has 0 saturated carbocycles. The number of halogens is 6. The fraction of sp³-hybridized carbons (Fsp3) is 0.120. The topological polar surface area (TPSA) is 88.9 Å². The lowest BCUT2D eigenvalue weighted by molar-refractivity contribution is -0.137. The number of nitrogens with one attached hydrogen (secondary N) is 2. The summed E-state index contributed by atoms with van der Waals surface area (Å²) >= 11 is 6.84. The molecule has 4 rings (SSSR count). The Balaban J connectivity index is 1.51. The highest BCUT2D eigenvalue weighted by Gasteiger charge is 2.31. The van der Waals surface area contributed by atoms with Crippen molar-refractivity contribution in [3.63, 3.8) is 0 Å². The van der Waals surface area contributed by atoms with Gasteiger partial charge in [0.05, 0.1) is 28.6 Å². The van der Waals surface area contributed by atoms with E-state index in [2.05, 4.69) is 20.8 Å². The molecule has 2 N–H and O–H groups in total. The van der Waals surface area contributed by atoms with Crippen molar-refractivity contribution in [2.24, 2.45) is 0 Å². The van der Waals surface area contributed by atoms with E-state index >= 15 is 0 Å². The number of carbonyl (C=O) groups excluding carboxylic acids is 2. The predicted octanol–water partition coefficient (Wildman–Crippen LogP) is 5.88. The summed E-state index contributed by atoms with van der Waals surface area (Å²) in [6, 6.07) is 12.9. The van der Waals surface area contributed by atoms with Crippen LogP contribution in [-0.4, -0.2) is 32.3 Å². The second-order valence-electron chi connectivity index (χ2n) is 7.93. The van der Waals surface area contributed by atoms with Crippen LogP contribution in [0.25, 0.3) is 5.69 Å². The van der Waals surface area contributed by atoms with Gasteiger partial charge in [-0.05, 0) is 60.7 Å². The number of nitrogens with zero attached hydrogens (tertiary/aromatic N) is 3. The summed E-state index contributed by atoms with van der Waals surface area (Å²) in [7, 11) is 0. The summed E-state index contributed by atoms with van der Waals surface area (Å²) in [6.07, 6.45) is -4.62. The van der Waals surface area contributed by atoms with Gasteiger partial charge in [0, 0.05) is 11.3 Å². The van der Waals surface area contributed by atoms with Gasteiger partial charge in [0.25, 0.3) is 5.91 Å². The van der Waals surface area contributed by atoms with E-state index in [0.717, 1.165) is 36.0 Å². The molecular weight excluding hydrogens is 565 g/mol. The summed E-state index contributed by atoms with van der Waals surface area (Å²) in [5, 5.41) is 13.1. The molecule has 3 aromatic carbocycles. The van der Waals surface area contributed by atoms with E-state index in [1.807, 2.05) is 0 Å². The number of hydrogen-bond acceptors (Lipinski definition) is 5. The van der Waals surface area contributed by atoms with Gasteiger partial charge in [-0.1, -0.05) is 29.4 Å². The molecule has 1 aromatic heterocycles. The maximum Gasteiger partial charge on any atom is 0.416 e. The van der Waals surface area contributed by atoms with Gasteiger partial charge in [-0.25, -0.2) is 8.78 Å². The lowest BCUT2D eigenvalue weighted by Gasteiger charge is -2.12. The molecule has 4 aromatic rings. The minimum Gasteiger partial charge on any atom is -0.345 e. The van der Waals surface area contributed by atoms with Crippen LogP contribution in [0.1, 0.15) is 21.7 Å². The van der Waals surface area contributed by atoms with Gasteiger partial charge in [-0.2, -0.15) is 13.2 Å². The van der Waals surface area contributed by atoms with Crippen LogP contribution in [0, 0.1) is 11.6 Å². The molecule has 0 unspecified atom stereocenters. The summed E-state index contributed by atoms with van der Waals surface area (Å²) < 4.78 is 67.5. The highest BCUT2D eigenvalue weighted by atomic mass is 35.5. The van der Waals surface area contributed by atoms with E-state index in [0.29, 0.717) is 5.69 Å². The molecule has 0 fully saturated rings. The molecule has 0 bridgehead atoms. The largest absolute Gasteiger partial charge is 0.416 e. The summed E-state index contributed by atoms with van der Waals surface area (Å²) in [4.78, 5) is 25.0. The van der Waals surface area contributed by atoms with Crippen LogP contribution in [-0.2, 0) is 17.5 Å². The Kier molecular flexibility index (Phi) is 8.51. The van der Waals surface area contributed by atoms with Crippen molar-refractivity contribution in [1.29, 1.82) is 0 Å². The van der Waals surface area contributed by atoms with Crippen LogP contribution in [0.15, 0.2) is 71.9 Å². The molecule has 0 atom stereocenters. The SMILES string of the molecule is O=C(CSc1nnc(CNC(=O)c2cccc(F)c2)n1-c1ccc(F)cc1)Nc1cc(C(F)(F)F)ccc1Cl. The van der Waals surface area contributed by atoms with Crippen LogP contribution in [0.4, 0.5) is 27.6 Å². The second kappa shape index (κ2) is 11.8. The Labute approximate surface area is 227 Å². The Morgan fingerprint density at radius 1 is 0.949 bits per heavy atom. The van der Waals surface area contributed by atoms with E-state index in [9.17, 15) is 31.5 Å². The maximum absolute atomic E-state index is 13.5. The number of hydrogen-bond donors (Lipinski definition) is 2. The average molecular weight is 582 g/mol. The maximum atomic E-state index is 13.5. The third kappa shape index (κ3) is 7.12. The fourth-order valence-electron chi connectivity index (χ4n) is 3.36. The van der Waals surface area contributed by atoms with Gasteiger partial charge in [-0.3, -0.25) is 14.2 Å². The van der Waals surface area contributed by atoms with Crippen LogP contribution in [0.5, 0.6) is 0 Å². The van der Waals surface area contributed by atoms with Gasteiger partial charge < -0.3 is 10.6 Å². The van der Waals surface area contributed by atoms with E-state index in [-0.39, 0.29) is 39.6 Å². The predicted molar refractivity (Wildman–Crippen MR) is 135 cm³/mol. The van der Waals surface area contributed by atoms with E-state index in [1.165, 1.54) is 47.0 Å². The minimum atomic E-state index is -4.62. The first-order valence-electron chi connectivity index (χ1n) is 11.0. The van der Waals surface area contributed by atoms with Crippen molar-refractivity contribution in [3.05, 3.63) is 100 Å². The van der Waals surface area contributed by atoms with E-state index < -0.39 is 35.2 Å². The molecule has 0 saturated heterocycles. The highest BCUT2D eigenvalue weighted by Crippen LogP contribution is 2.34. The zero-order valence-electron chi connectivity index (χ0n) is 19.6. The van der Waals surface area contributed by atoms with Crippen molar-refractivity contribution in [2.45, 2.75) is 17.9 Å². The molecule has 39 heavy (non-hydrogen) atoms. The third-order valence-electron chi connectivity index (χ3n) is 5.18. The summed E-state index contributed by atoms with van der Waals surface area (Å²) in [5.41, 5.74) is -0.684. The van der Waals surface area contributed by atoms with Crippen molar-refractivity contribution in [2.75, 3.05) is 11.1 Å². The lowest BCUT2D eigenvalue weighted by atomic mass is 10.2. The number of carbonyl (C=O) groups is 2. The zero-order chi connectivity index (χ0) is 28.2. The molecule has 14 heteroatoms. The number of thioether (sulfide) groups is 1. The van der Waals surface area contributed by atoms with Crippen molar-refractivity contribution in [3.8, 4) is 5.69 Å². The van der Waals surface area contributed by atoms with Gasteiger partial charge >= 0.3 is 6.18 Å². The number of aromatic nitrogens is 3. The molecule has 202 valence electrons. The van der Waals surface area contributed by atoms with Gasteiger partial charge in [0.1, 0.15) is 11.6 Å². The molecule has 7 nitrogen and oxygen atoms in total. The first-order chi connectivity index (χ1) is 18.5. The lowest BCUT2D eigenvalue weighted by Crippen LogP contribution is -2.24. The number of rotatable bonds is 8. The van der Waals surface area contributed by atoms with Crippen LogP contribution in [0.3, 0.4) is 0 Å². The first kappa shape index (κ1) is 28.0. The Hall–Kier alpha value is -3.97. The van der Waals surface area contributed by atoms with Crippen LogP contribution < -0.4 is 10.6 Å². The van der Waals surface area contributed by atoms with Crippen molar-refractivity contribution < 1.29 is 31.5 Å². The molecule has 0 aliphatic heterocycles. The highest BCUT2D eigenvalue weighted by molar-refractivity contribution is 7.99. The monoisotopic (exact) mass is 581 g/mol. The number of alkyl halides is 3. The molecule has 0 radical (unpaired) electrons. The third-order valence-corrected chi connectivity index (χ3v) is 6.44. The summed E-state index contributed by atoms with van der Waals surface area (Å²) in [5.74, 6) is -2.40. The molecular formula is C25H17ClF5N5O2S. The molecule has 1 heterocycles. The first-order valence-corrected chi connectivity index (χ1v) is 12.4. The quantitative estimate of drug-likeness (QED) is 0.200. The van der Waals surface area contributed by atoms with Crippen molar-refractivity contribution in [1.82, 2.24) is 20.1 Å². The smallest absolute Gasteiger partial charge is 0.345 e. The molecule has 0 spiro atoms. The Morgan fingerprint density at radius 2 is 1.69 bits per heavy atom. The summed E-state index contributed by atoms with van der Waals surface area (Å²) in [6.45, 7) is -0.147. The van der Waals surface area contributed by atoms with Gasteiger partial charge in [0.2, 0.25) is 5.91 Å². The molecule has 2 amide bonds. The van der Waals surface area contributed by atoms with Gasteiger partial charge in [0.15, 0.2) is 11.0 Å². The second-order valence-corrected chi connectivity index (χ2v) is 9.28. The number of benzene rings is 3. The standard InChI is InChI=1S/C25H17ClF5N5O2S/c26-19-9-4-15(25(29,30)31)11-20(19)33-22(37)13-39-24-35-34-21(36(24)18-7-5-16(27)6-8-18)12-32-23(38)14-2-1-3-17(28)10-14/h1-11H,12-13H2,(H,32,38)(H,33,37). The van der Waals surface area contributed by atoms with Crippen LogP contribution in [0.2, 0.25) is 5.02 Å². The average Bonchev–Trinajstić information content (AvgIpc) is 3.30. The molecule has 0 aliphatic rings. The normalized spacial score (nSPS) is 11.3. The van der Waals surface area contributed by atoms with E-state index in [4.69, 9.17) is 11.6 Å². The molecule has 0 aliphatic carbocycles. The van der Waals surface area contributed by atoms with Crippen molar-refractivity contribution >= 4 is 40.9 Å². The van der Waals surface area contributed by atoms with Crippen LogP contribution >= 0.6 is 23.4 Å². The minimum absolute atomic E-state index is 0.0767. The fourth-order valence-corrected chi connectivity index (χ4v) is 4.30. The van der Waals surface area contributed by atoms with E-state index in [1.54, 1.807) is 0 Å².